The zero-order valence-corrected chi connectivity index (χ0v) is 14.2. The number of hydrogen-bond donors (Lipinski definition) is 0. The van der Waals surface area contributed by atoms with Crippen molar-refractivity contribution in [3.63, 3.8) is 0 Å². The highest BCUT2D eigenvalue weighted by Gasteiger charge is 2.35. The number of ether oxygens (including phenoxy) is 2. The van der Waals surface area contributed by atoms with E-state index >= 15 is 0 Å². The van der Waals surface area contributed by atoms with E-state index < -0.39 is 11.5 Å². The molecule has 1 unspecified atom stereocenters. The molecule has 0 saturated carbocycles. The van der Waals surface area contributed by atoms with Gasteiger partial charge in [-0.2, -0.15) is 0 Å². The zero-order valence-electron chi connectivity index (χ0n) is 14.2. The Morgan fingerprint density at radius 3 is 2.14 bits per heavy atom. The molecule has 0 aliphatic carbocycles. The Morgan fingerprint density at radius 2 is 1.73 bits per heavy atom. The molecule has 0 bridgehead atoms. The van der Waals surface area contributed by atoms with E-state index in [0.29, 0.717) is 25.9 Å². The van der Waals surface area contributed by atoms with Crippen LogP contribution in [0.25, 0.3) is 0 Å². The number of carbonyl (C=O) groups excluding carboxylic acids is 3. The van der Waals surface area contributed by atoms with Crippen molar-refractivity contribution in [1.82, 2.24) is 4.90 Å². The molecule has 1 rings (SSSR count). The lowest BCUT2D eigenvalue weighted by atomic mass is 9.81. The minimum atomic E-state index is -0.517. The average Bonchev–Trinajstić information content (AvgIpc) is 2.42. The van der Waals surface area contributed by atoms with Gasteiger partial charge in [0.2, 0.25) is 0 Å². The van der Waals surface area contributed by atoms with Crippen LogP contribution in [0.2, 0.25) is 0 Å². The number of nitrogens with zero attached hydrogens (tertiary/aromatic N) is 1. The minimum Gasteiger partial charge on any atom is -0.469 e. The summed E-state index contributed by atoms with van der Waals surface area (Å²) in [5.74, 6) is -0.714. The molecule has 1 saturated heterocycles. The van der Waals surface area contributed by atoms with Crippen LogP contribution < -0.4 is 0 Å². The normalized spacial score (nSPS) is 17.8. The maximum Gasteiger partial charge on any atom is 0.410 e. The third-order valence-electron chi connectivity index (χ3n) is 3.77. The molecule has 0 aromatic rings. The van der Waals surface area contributed by atoms with Crippen LogP contribution in [0.5, 0.6) is 0 Å². The summed E-state index contributed by atoms with van der Waals surface area (Å²) in [6, 6.07) is 0. The van der Waals surface area contributed by atoms with E-state index in [1.807, 2.05) is 20.8 Å². The van der Waals surface area contributed by atoms with Gasteiger partial charge < -0.3 is 19.2 Å². The van der Waals surface area contributed by atoms with E-state index in [1.54, 1.807) is 4.90 Å². The van der Waals surface area contributed by atoms with Gasteiger partial charge in [0.05, 0.1) is 13.0 Å². The number of hydrogen-bond acceptors (Lipinski definition) is 5. The maximum atomic E-state index is 12.0. The topological polar surface area (TPSA) is 72.9 Å². The number of ketones is 1. The number of amides is 1. The van der Waals surface area contributed by atoms with Gasteiger partial charge in [-0.25, -0.2) is 4.79 Å². The first-order valence-corrected chi connectivity index (χ1v) is 7.69. The van der Waals surface area contributed by atoms with Crippen molar-refractivity contribution in [3.05, 3.63) is 0 Å². The van der Waals surface area contributed by atoms with Crippen molar-refractivity contribution in [3.8, 4) is 0 Å². The Labute approximate surface area is 132 Å². The molecule has 0 radical (unpaired) electrons. The van der Waals surface area contributed by atoms with E-state index in [4.69, 9.17) is 9.47 Å². The Bertz CT molecular complexity index is 419. The summed E-state index contributed by atoms with van der Waals surface area (Å²) in [6.07, 6.45) is 1.22. The highest BCUT2D eigenvalue weighted by molar-refractivity contribution is 5.83. The molecule has 1 heterocycles. The van der Waals surface area contributed by atoms with Crippen molar-refractivity contribution in [2.45, 2.75) is 52.6 Å². The second-order valence-electron chi connectivity index (χ2n) is 6.84. The number of esters is 1. The fourth-order valence-electron chi connectivity index (χ4n) is 2.71. The van der Waals surface area contributed by atoms with Crippen molar-refractivity contribution >= 4 is 17.8 Å². The first-order chi connectivity index (χ1) is 10.1. The fraction of sp³-hybridized carbons (Fsp3) is 0.812. The highest BCUT2D eigenvalue weighted by Crippen LogP contribution is 2.29. The van der Waals surface area contributed by atoms with Crippen LogP contribution in [0.3, 0.4) is 0 Å². The fourth-order valence-corrected chi connectivity index (χ4v) is 2.71. The predicted octanol–water partition coefficient (Wildman–Crippen LogP) is 2.40. The second kappa shape index (κ2) is 7.61. The monoisotopic (exact) mass is 313 g/mol. The molecule has 126 valence electrons. The first kappa shape index (κ1) is 18.5. The predicted molar refractivity (Wildman–Crippen MR) is 81.3 cm³/mol. The summed E-state index contributed by atoms with van der Waals surface area (Å²) in [4.78, 5) is 36.9. The Balaban J connectivity index is 2.60. The molecule has 1 aliphatic rings. The molecule has 1 aliphatic heterocycles. The van der Waals surface area contributed by atoms with Crippen molar-refractivity contribution in [1.29, 1.82) is 0 Å². The Kier molecular flexibility index (Phi) is 6.38. The molecular formula is C16H27NO5. The van der Waals surface area contributed by atoms with E-state index in [2.05, 4.69) is 0 Å². The summed E-state index contributed by atoms with van der Waals surface area (Å²) in [7, 11) is 1.34. The first-order valence-electron chi connectivity index (χ1n) is 7.69. The third-order valence-corrected chi connectivity index (χ3v) is 3.77. The van der Waals surface area contributed by atoms with Crippen LogP contribution in [-0.4, -0.2) is 48.5 Å². The van der Waals surface area contributed by atoms with Crippen LogP contribution in [0.4, 0.5) is 4.79 Å². The van der Waals surface area contributed by atoms with Crippen LogP contribution in [-0.2, 0) is 19.1 Å². The van der Waals surface area contributed by atoms with E-state index in [-0.39, 0.29) is 30.2 Å². The lowest BCUT2D eigenvalue weighted by Gasteiger charge is -2.35. The Morgan fingerprint density at radius 1 is 1.18 bits per heavy atom. The molecule has 0 aromatic heterocycles. The number of rotatable bonds is 4. The van der Waals surface area contributed by atoms with Gasteiger partial charge in [0.15, 0.2) is 0 Å². The van der Waals surface area contributed by atoms with E-state index in [0.717, 1.165) is 0 Å². The SMILES string of the molecule is COC(=O)C(CC(C)=O)C1CCN(C(=O)OC(C)(C)C)CC1. The van der Waals surface area contributed by atoms with Gasteiger partial charge in [0.25, 0.3) is 0 Å². The molecule has 6 nitrogen and oxygen atoms in total. The van der Waals surface area contributed by atoms with E-state index in [1.165, 1.54) is 14.0 Å². The molecule has 0 aromatic carbocycles. The molecule has 6 heteroatoms. The van der Waals surface area contributed by atoms with Gasteiger partial charge in [-0.3, -0.25) is 4.79 Å². The van der Waals surface area contributed by atoms with Gasteiger partial charge in [-0.05, 0) is 46.5 Å². The lowest BCUT2D eigenvalue weighted by Crippen LogP contribution is -2.44. The smallest absolute Gasteiger partial charge is 0.410 e. The van der Waals surface area contributed by atoms with Crippen molar-refractivity contribution in [2.24, 2.45) is 11.8 Å². The van der Waals surface area contributed by atoms with Crippen LogP contribution in [0.15, 0.2) is 0 Å². The standard InChI is InChI=1S/C16H27NO5/c1-11(18)10-13(14(19)21-5)12-6-8-17(9-7-12)15(20)22-16(2,3)4/h12-13H,6-10H2,1-5H3. The molecule has 1 atom stereocenters. The molecule has 1 amide bonds. The number of carbonyl (C=O) groups is 3. The molecule has 0 spiro atoms. The molecule has 1 fully saturated rings. The summed E-state index contributed by atoms with van der Waals surface area (Å²) in [5.41, 5.74) is -0.517. The van der Waals surface area contributed by atoms with Crippen LogP contribution in [0, 0.1) is 11.8 Å². The molecular weight excluding hydrogens is 286 g/mol. The average molecular weight is 313 g/mol. The van der Waals surface area contributed by atoms with Gasteiger partial charge in [-0.1, -0.05) is 0 Å². The zero-order chi connectivity index (χ0) is 16.9. The van der Waals surface area contributed by atoms with Crippen LogP contribution in [0.1, 0.15) is 47.0 Å². The number of methoxy groups -OCH3 is 1. The van der Waals surface area contributed by atoms with Crippen molar-refractivity contribution < 1.29 is 23.9 Å². The highest BCUT2D eigenvalue weighted by atomic mass is 16.6. The number of likely N-dealkylation sites (tertiary alicyclic amines) is 1. The quantitative estimate of drug-likeness (QED) is 0.745. The minimum absolute atomic E-state index is 0.0232. The summed E-state index contributed by atoms with van der Waals surface area (Å²) in [5, 5.41) is 0. The summed E-state index contributed by atoms with van der Waals surface area (Å²) in [6.45, 7) is 8.04. The number of piperidine rings is 1. The molecule has 0 N–H and O–H groups in total. The Hall–Kier alpha value is -1.59. The number of Topliss-reactive ketones (excluding diaryl/α,β-unsaturated/α-hetero) is 1. The van der Waals surface area contributed by atoms with Crippen molar-refractivity contribution in [2.75, 3.05) is 20.2 Å². The summed E-state index contributed by atoms with van der Waals surface area (Å²) < 4.78 is 10.2. The van der Waals surface area contributed by atoms with Gasteiger partial charge in [0.1, 0.15) is 11.4 Å². The second-order valence-corrected chi connectivity index (χ2v) is 6.84. The van der Waals surface area contributed by atoms with Crippen LogP contribution >= 0.6 is 0 Å². The van der Waals surface area contributed by atoms with Gasteiger partial charge in [-0.15, -0.1) is 0 Å². The van der Waals surface area contributed by atoms with Gasteiger partial charge >= 0.3 is 12.1 Å². The molecule has 22 heavy (non-hydrogen) atoms. The largest absolute Gasteiger partial charge is 0.469 e. The van der Waals surface area contributed by atoms with Gasteiger partial charge in [0, 0.05) is 19.5 Å². The maximum absolute atomic E-state index is 12.0. The summed E-state index contributed by atoms with van der Waals surface area (Å²) >= 11 is 0. The lowest BCUT2D eigenvalue weighted by molar-refractivity contribution is -0.149. The van der Waals surface area contributed by atoms with E-state index in [9.17, 15) is 14.4 Å². The third kappa shape index (κ3) is 5.66.